The Hall–Kier alpha value is -0.320. The first-order valence-corrected chi connectivity index (χ1v) is 5.79. The molecule has 0 aliphatic carbocycles. The van der Waals surface area contributed by atoms with Gasteiger partial charge in [-0.1, -0.05) is 20.8 Å². The maximum absolute atomic E-state index is 13.9. The first-order chi connectivity index (χ1) is 7.33. The first-order valence-electron chi connectivity index (χ1n) is 5.79. The third-order valence-electron chi connectivity index (χ3n) is 3.12. The molecule has 0 radical (unpaired) electrons. The van der Waals surface area contributed by atoms with Gasteiger partial charge in [0.05, 0.1) is 5.60 Å². The van der Waals surface area contributed by atoms with Crippen molar-refractivity contribution in [2.75, 3.05) is 0 Å². The quantitative estimate of drug-likeness (QED) is 0.640. The smallest absolute Gasteiger partial charge is 0.310 e. The highest BCUT2D eigenvalue weighted by atomic mass is 19.3. The van der Waals surface area contributed by atoms with E-state index in [1.807, 2.05) is 0 Å². The van der Waals surface area contributed by atoms with Gasteiger partial charge < -0.3 is 4.74 Å². The van der Waals surface area contributed by atoms with Crippen LogP contribution in [0, 0.1) is 5.41 Å². The van der Waals surface area contributed by atoms with Crippen LogP contribution in [0.5, 0.6) is 0 Å². The summed E-state index contributed by atoms with van der Waals surface area (Å²) in [4.78, 5) is 0. The SMILES string of the molecule is CCC(C)(CC)C(F)(F)C(F)(F)OC(C)(C)C. The molecule has 0 bridgehead atoms. The van der Waals surface area contributed by atoms with E-state index < -0.39 is 23.0 Å². The van der Waals surface area contributed by atoms with Crippen LogP contribution < -0.4 is 0 Å². The zero-order chi connectivity index (χ0) is 14.1. The molecule has 0 fully saturated rings. The Bertz CT molecular complexity index is 252. The van der Waals surface area contributed by atoms with E-state index in [2.05, 4.69) is 4.74 Å². The normalized spacial score (nSPS) is 15.2. The average molecular weight is 258 g/mol. The predicted molar refractivity (Wildman–Crippen MR) is 59.4 cm³/mol. The van der Waals surface area contributed by atoms with Gasteiger partial charge in [0.25, 0.3) is 0 Å². The van der Waals surface area contributed by atoms with Gasteiger partial charge in [-0.3, -0.25) is 0 Å². The molecule has 0 atom stereocenters. The standard InChI is InChI=1S/C12H22F4O/c1-7-10(6,8-2)11(13,14)12(15,16)17-9(3,4)5/h7-8H2,1-6H3. The highest BCUT2D eigenvalue weighted by Gasteiger charge is 2.67. The van der Waals surface area contributed by atoms with Crippen LogP contribution in [0.4, 0.5) is 17.6 Å². The zero-order valence-corrected chi connectivity index (χ0v) is 11.3. The van der Waals surface area contributed by atoms with E-state index in [9.17, 15) is 17.6 Å². The molecule has 0 rings (SSSR count). The Balaban J connectivity index is 5.28. The molecule has 0 aromatic rings. The summed E-state index contributed by atoms with van der Waals surface area (Å²) in [6.45, 7) is 8.09. The molecule has 0 aromatic heterocycles. The van der Waals surface area contributed by atoms with E-state index in [0.29, 0.717) is 0 Å². The summed E-state index contributed by atoms with van der Waals surface area (Å²) in [6, 6.07) is 0. The molecule has 5 heteroatoms. The van der Waals surface area contributed by atoms with E-state index in [-0.39, 0.29) is 12.8 Å². The van der Waals surface area contributed by atoms with Crippen LogP contribution in [0.2, 0.25) is 0 Å². The molecule has 0 unspecified atom stereocenters. The number of halogens is 4. The zero-order valence-electron chi connectivity index (χ0n) is 11.3. The fraction of sp³-hybridized carbons (Fsp3) is 1.00. The van der Waals surface area contributed by atoms with Crippen molar-refractivity contribution in [2.24, 2.45) is 5.41 Å². The van der Waals surface area contributed by atoms with E-state index in [1.165, 1.54) is 34.6 Å². The summed E-state index contributed by atoms with van der Waals surface area (Å²) in [7, 11) is 0. The number of ether oxygens (including phenoxy) is 1. The van der Waals surface area contributed by atoms with Gasteiger partial charge in [0.15, 0.2) is 0 Å². The van der Waals surface area contributed by atoms with Crippen LogP contribution in [0.3, 0.4) is 0 Å². The van der Waals surface area contributed by atoms with Gasteiger partial charge in [0.2, 0.25) is 0 Å². The molecule has 1 nitrogen and oxygen atoms in total. The third-order valence-corrected chi connectivity index (χ3v) is 3.12. The van der Waals surface area contributed by atoms with Crippen LogP contribution in [0.25, 0.3) is 0 Å². The number of alkyl halides is 4. The molecule has 0 heterocycles. The Morgan fingerprint density at radius 2 is 1.18 bits per heavy atom. The molecule has 0 amide bonds. The van der Waals surface area contributed by atoms with Crippen molar-refractivity contribution >= 4 is 0 Å². The van der Waals surface area contributed by atoms with Gasteiger partial charge in [-0.15, -0.1) is 0 Å². The van der Waals surface area contributed by atoms with Crippen LogP contribution in [-0.2, 0) is 4.74 Å². The van der Waals surface area contributed by atoms with Crippen molar-refractivity contribution < 1.29 is 22.3 Å². The molecule has 0 spiro atoms. The Morgan fingerprint density at radius 3 is 1.41 bits per heavy atom. The molecule has 17 heavy (non-hydrogen) atoms. The van der Waals surface area contributed by atoms with Gasteiger partial charge in [-0.2, -0.15) is 17.6 Å². The largest absolute Gasteiger partial charge is 0.420 e. The summed E-state index contributed by atoms with van der Waals surface area (Å²) in [5.74, 6) is -4.20. The Morgan fingerprint density at radius 1 is 0.824 bits per heavy atom. The average Bonchev–Trinajstić information content (AvgIpc) is 2.12. The molecule has 0 saturated carbocycles. The molecule has 0 aromatic carbocycles. The van der Waals surface area contributed by atoms with Crippen LogP contribution in [-0.4, -0.2) is 17.6 Å². The fourth-order valence-electron chi connectivity index (χ4n) is 1.49. The van der Waals surface area contributed by atoms with E-state index in [0.717, 1.165) is 6.92 Å². The van der Waals surface area contributed by atoms with Crippen molar-refractivity contribution in [3.63, 3.8) is 0 Å². The van der Waals surface area contributed by atoms with Crippen molar-refractivity contribution in [1.29, 1.82) is 0 Å². The summed E-state index contributed by atoms with van der Waals surface area (Å²) in [5, 5.41) is 0. The lowest BCUT2D eigenvalue weighted by Gasteiger charge is -2.41. The summed E-state index contributed by atoms with van der Waals surface area (Å²) in [5.41, 5.74) is -3.10. The first kappa shape index (κ1) is 16.7. The third kappa shape index (κ3) is 3.33. The molecular formula is C12H22F4O. The van der Waals surface area contributed by atoms with Gasteiger partial charge in [0.1, 0.15) is 0 Å². The number of hydrogen-bond acceptors (Lipinski definition) is 1. The lowest BCUT2D eigenvalue weighted by molar-refractivity contribution is -0.400. The van der Waals surface area contributed by atoms with Crippen molar-refractivity contribution in [3.05, 3.63) is 0 Å². The predicted octanol–water partition coefficient (Wildman–Crippen LogP) is 4.86. The van der Waals surface area contributed by atoms with Gasteiger partial charge in [0, 0.05) is 5.41 Å². The van der Waals surface area contributed by atoms with Crippen LogP contribution in [0.1, 0.15) is 54.4 Å². The monoisotopic (exact) mass is 258 g/mol. The van der Waals surface area contributed by atoms with Crippen molar-refractivity contribution in [2.45, 2.75) is 72.0 Å². The minimum absolute atomic E-state index is 0.0421. The second kappa shape index (κ2) is 4.75. The van der Waals surface area contributed by atoms with Gasteiger partial charge in [-0.05, 0) is 33.6 Å². The molecular weight excluding hydrogens is 236 g/mol. The second-order valence-corrected chi connectivity index (χ2v) is 5.57. The summed E-state index contributed by atoms with van der Waals surface area (Å²) in [6.07, 6.45) is -4.55. The number of hydrogen-bond donors (Lipinski definition) is 0. The number of rotatable bonds is 5. The van der Waals surface area contributed by atoms with E-state index in [1.54, 1.807) is 0 Å². The maximum atomic E-state index is 13.9. The topological polar surface area (TPSA) is 9.23 Å². The highest BCUT2D eigenvalue weighted by molar-refractivity contribution is 4.94. The minimum Gasteiger partial charge on any atom is -0.310 e. The van der Waals surface area contributed by atoms with Crippen LogP contribution >= 0.6 is 0 Å². The second-order valence-electron chi connectivity index (χ2n) is 5.57. The van der Waals surface area contributed by atoms with Crippen LogP contribution in [0.15, 0.2) is 0 Å². The molecule has 0 aliphatic heterocycles. The lowest BCUT2D eigenvalue weighted by atomic mass is 9.77. The van der Waals surface area contributed by atoms with E-state index in [4.69, 9.17) is 0 Å². The van der Waals surface area contributed by atoms with Gasteiger partial charge in [-0.25, -0.2) is 0 Å². The lowest BCUT2D eigenvalue weighted by Crippen LogP contribution is -2.55. The van der Waals surface area contributed by atoms with Crippen molar-refractivity contribution in [3.8, 4) is 0 Å². The summed E-state index contributed by atoms with van der Waals surface area (Å²) < 4.78 is 59.3. The van der Waals surface area contributed by atoms with E-state index >= 15 is 0 Å². The Kier molecular flexibility index (Phi) is 4.66. The highest BCUT2D eigenvalue weighted by Crippen LogP contribution is 2.52. The van der Waals surface area contributed by atoms with Gasteiger partial charge >= 0.3 is 12.0 Å². The molecule has 104 valence electrons. The van der Waals surface area contributed by atoms with Crippen molar-refractivity contribution in [1.82, 2.24) is 0 Å². The molecule has 0 saturated heterocycles. The Labute approximate surface area is 101 Å². The minimum atomic E-state index is -4.47. The maximum Gasteiger partial charge on any atom is 0.420 e. The molecule has 0 aliphatic rings. The fourth-order valence-corrected chi connectivity index (χ4v) is 1.49. The molecule has 0 N–H and O–H groups in total. The summed E-state index contributed by atoms with van der Waals surface area (Å²) >= 11 is 0.